The number of fused-ring (bicyclic) bond motifs is 6. The van der Waals surface area contributed by atoms with E-state index in [1.807, 2.05) is 60.7 Å². The third-order valence-corrected chi connectivity index (χ3v) is 10.5. The van der Waals surface area contributed by atoms with Crippen molar-refractivity contribution in [1.82, 2.24) is 4.57 Å². The summed E-state index contributed by atoms with van der Waals surface area (Å²) in [6.45, 7) is 2.07. The first-order valence-corrected chi connectivity index (χ1v) is 15.3. The van der Waals surface area contributed by atoms with Crippen molar-refractivity contribution in [3.05, 3.63) is 107 Å². The van der Waals surface area contributed by atoms with Crippen LogP contribution in [0.15, 0.2) is 102 Å². The molecule has 1 aromatic heterocycles. The molecule has 198 valence electrons. The molecule has 1 aliphatic rings. The monoisotopic (exact) mass is 609 g/mol. The first kappa shape index (κ1) is 25.0. The topological polar surface area (TPSA) is 49.7 Å². The molecule has 0 fully saturated rings. The van der Waals surface area contributed by atoms with Crippen LogP contribution in [0, 0.1) is 6.92 Å². The lowest BCUT2D eigenvalue weighted by atomic mass is 10.0. The van der Waals surface area contributed by atoms with E-state index in [4.69, 9.17) is 14.0 Å². The van der Waals surface area contributed by atoms with Crippen LogP contribution in [0.1, 0.15) is 5.56 Å². The minimum absolute atomic E-state index is 0.462. The summed E-state index contributed by atoms with van der Waals surface area (Å²) in [7, 11) is -0.415. The second kappa shape index (κ2) is 9.29. The molecule has 0 saturated carbocycles. The highest BCUT2D eigenvalue weighted by Crippen LogP contribution is 2.57. The Hall–Kier alpha value is -3.99. The Morgan fingerprint density at radius 3 is 2.27 bits per heavy atom. The van der Waals surface area contributed by atoms with E-state index < -0.39 is 7.37 Å². The van der Waals surface area contributed by atoms with Gasteiger partial charge in [0.25, 0.3) is 0 Å². The number of hydrogen-bond acceptors (Lipinski definition) is 4. The Balaban J connectivity index is 1.62. The number of aryl methyl sites for hydroxylation is 1. The SMILES string of the molecule is COc1c(P2(=O)Oc3ccccc3-c3ccccc32)cc(OC)c2c1c1cc(Br)ccc1n2-c1ccc(C)cc1. The summed E-state index contributed by atoms with van der Waals surface area (Å²) in [5, 5.41) is 2.85. The van der Waals surface area contributed by atoms with E-state index >= 15 is 4.57 Å². The van der Waals surface area contributed by atoms with Gasteiger partial charge in [0.05, 0.1) is 35.7 Å². The molecule has 1 unspecified atom stereocenters. The van der Waals surface area contributed by atoms with Gasteiger partial charge in [-0.25, -0.2) is 0 Å². The molecule has 0 aliphatic carbocycles. The molecule has 7 heteroatoms. The number of para-hydroxylation sites is 1. The van der Waals surface area contributed by atoms with Gasteiger partial charge in [-0.15, -0.1) is 0 Å². The summed E-state index contributed by atoms with van der Waals surface area (Å²) in [4.78, 5) is 0. The van der Waals surface area contributed by atoms with Crippen LogP contribution in [0.3, 0.4) is 0 Å². The second-order valence-corrected chi connectivity index (χ2v) is 13.0. The first-order valence-electron chi connectivity index (χ1n) is 12.9. The van der Waals surface area contributed by atoms with Gasteiger partial charge < -0.3 is 18.6 Å². The summed E-state index contributed by atoms with van der Waals surface area (Å²) >= 11 is 3.66. The lowest BCUT2D eigenvalue weighted by Crippen LogP contribution is -2.26. The molecular formula is C33H25BrNO4P. The van der Waals surface area contributed by atoms with E-state index in [1.54, 1.807) is 14.2 Å². The smallest absolute Gasteiger partial charge is 0.311 e. The van der Waals surface area contributed by atoms with E-state index in [-0.39, 0.29) is 0 Å². The standard InChI is InChI=1S/C33H25BrNO4P/c1-20-12-15-22(16-13-20)35-26-17-14-21(34)18-25(26)31-32(35)28(37-2)19-30(33(31)38-3)40(36)29-11-7-5-9-24(29)23-8-4-6-10-27(23)39-40/h4-19H,1-3H3. The Bertz CT molecular complexity index is 2010. The van der Waals surface area contributed by atoms with E-state index in [0.717, 1.165) is 43.1 Å². The lowest BCUT2D eigenvalue weighted by Gasteiger charge is -2.30. The van der Waals surface area contributed by atoms with Gasteiger partial charge >= 0.3 is 7.37 Å². The van der Waals surface area contributed by atoms with Gasteiger partial charge in [0, 0.05) is 27.2 Å². The summed E-state index contributed by atoms with van der Waals surface area (Å²) in [5.74, 6) is 1.66. The highest BCUT2D eigenvalue weighted by molar-refractivity contribution is 9.10. The predicted octanol–water partition coefficient (Wildman–Crippen LogP) is 8.16. The molecule has 40 heavy (non-hydrogen) atoms. The average Bonchev–Trinajstić information content (AvgIpc) is 3.31. The maximum Gasteiger partial charge on any atom is 0.311 e. The van der Waals surface area contributed by atoms with Crippen LogP contribution in [-0.4, -0.2) is 18.8 Å². The van der Waals surface area contributed by atoms with Crippen LogP contribution in [0.25, 0.3) is 38.6 Å². The van der Waals surface area contributed by atoms with Crippen molar-refractivity contribution in [3.63, 3.8) is 0 Å². The molecule has 6 aromatic rings. The Morgan fingerprint density at radius 2 is 1.52 bits per heavy atom. The first-order chi connectivity index (χ1) is 19.4. The van der Waals surface area contributed by atoms with Crippen LogP contribution in [0.5, 0.6) is 17.2 Å². The maximum atomic E-state index is 15.3. The van der Waals surface area contributed by atoms with Crippen molar-refractivity contribution in [1.29, 1.82) is 0 Å². The van der Waals surface area contributed by atoms with Gasteiger partial charge in [0.15, 0.2) is 0 Å². The summed E-state index contributed by atoms with van der Waals surface area (Å²) in [5.41, 5.74) is 5.77. The molecule has 0 radical (unpaired) electrons. The van der Waals surface area contributed by atoms with Crippen molar-refractivity contribution in [2.45, 2.75) is 6.92 Å². The third-order valence-electron chi connectivity index (χ3n) is 7.55. The molecular weight excluding hydrogens is 585 g/mol. The summed E-state index contributed by atoms with van der Waals surface area (Å²) in [6.07, 6.45) is 0. The number of halogens is 1. The van der Waals surface area contributed by atoms with Crippen LogP contribution >= 0.6 is 23.3 Å². The van der Waals surface area contributed by atoms with Crippen molar-refractivity contribution >= 4 is 55.7 Å². The minimum Gasteiger partial charge on any atom is -0.495 e. The van der Waals surface area contributed by atoms with Crippen LogP contribution < -0.4 is 24.6 Å². The minimum atomic E-state index is -3.67. The summed E-state index contributed by atoms with van der Waals surface area (Å²) in [6, 6.07) is 31.8. The second-order valence-electron chi connectivity index (χ2n) is 9.84. The predicted molar refractivity (Wildman–Crippen MR) is 166 cm³/mol. The van der Waals surface area contributed by atoms with E-state index in [9.17, 15) is 0 Å². The molecule has 7 rings (SSSR count). The molecule has 1 atom stereocenters. The zero-order valence-electron chi connectivity index (χ0n) is 22.1. The van der Waals surface area contributed by atoms with Crippen molar-refractivity contribution in [3.8, 4) is 34.1 Å². The van der Waals surface area contributed by atoms with Crippen molar-refractivity contribution in [2.24, 2.45) is 0 Å². The van der Waals surface area contributed by atoms with Crippen LogP contribution in [0.4, 0.5) is 0 Å². The maximum absolute atomic E-state index is 15.3. The van der Waals surface area contributed by atoms with Gasteiger partial charge in [-0.1, -0.05) is 70.0 Å². The van der Waals surface area contributed by atoms with Gasteiger partial charge in [-0.3, -0.25) is 4.57 Å². The zero-order valence-corrected chi connectivity index (χ0v) is 24.6. The molecule has 1 aliphatic heterocycles. The molecule has 2 heterocycles. The number of hydrogen-bond donors (Lipinski definition) is 0. The molecule has 5 nitrogen and oxygen atoms in total. The van der Waals surface area contributed by atoms with Crippen molar-refractivity contribution in [2.75, 3.05) is 14.2 Å². The zero-order chi connectivity index (χ0) is 27.6. The molecule has 0 saturated heterocycles. The Morgan fingerprint density at radius 1 is 0.800 bits per heavy atom. The number of benzene rings is 5. The molecule has 0 N–H and O–H groups in total. The number of ether oxygens (including phenoxy) is 2. The van der Waals surface area contributed by atoms with E-state index in [0.29, 0.717) is 27.9 Å². The number of rotatable bonds is 4. The lowest BCUT2D eigenvalue weighted by molar-refractivity contribution is 0.411. The largest absolute Gasteiger partial charge is 0.495 e. The van der Waals surface area contributed by atoms with E-state index in [1.165, 1.54) is 5.56 Å². The van der Waals surface area contributed by atoms with Crippen LogP contribution in [0.2, 0.25) is 0 Å². The fourth-order valence-corrected chi connectivity index (χ4v) is 8.55. The fourth-order valence-electron chi connectivity index (χ4n) is 5.75. The molecule has 0 bridgehead atoms. The Kier molecular flexibility index (Phi) is 5.81. The number of methoxy groups -OCH3 is 2. The van der Waals surface area contributed by atoms with Gasteiger partial charge in [-0.05, 0) is 55.0 Å². The van der Waals surface area contributed by atoms with Crippen molar-refractivity contribution < 1.29 is 18.6 Å². The quantitative estimate of drug-likeness (QED) is 0.189. The van der Waals surface area contributed by atoms with Gasteiger partial charge in [0.2, 0.25) is 0 Å². The highest BCUT2D eigenvalue weighted by Gasteiger charge is 2.41. The average molecular weight is 610 g/mol. The molecule has 0 amide bonds. The van der Waals surface area contributed by atoms with Crippen LogP contribution in [-0.2, 0) is 4.57 Å². The summed E-state index contributed by atoms with van der Waals surface area (Å²) < 4.78 is 37.0. The van der Waals surface area contributed by atoms with Gasteiger partial charge in [-0.2, -0.15) is 0 Å². The molecule has 0 spiro atoms. The Labute approximate surface area is 240 Å². The normalized spacial score (nSPS) is 15.9. The number of aromatic nitrogens is 1. The highest BCUT2D eigenvalue weighted by atomic mass is 79.9. The number of nitrogens with zero attached hydrogens (tertiary/aromatic N) is 1. The third kappa shape index (κ3) is 3.56. The molecule has 5 aromatic carbocycles. The fraction of sp³-hybridized carbons (Fsp3) is 0.0909. The van der Waals surface area contributed by atoms with E-state index in [2.05, 4.69) is 63.8 Å². The van der Waals surface area contributed by atoms with Gasteiger partial charge in [0.1, 0.15) is 22.8 Å².